The molecule has 0 N–H and O–H groups in total. The normalized spacial score (nSPS) is 12.9. The first kappa shape index (κ1) is 17.1. The lowest BCUT2D eigenvalue weighted by Crippen LogP contribution is -1.92. The van der Waals surface area contributed by atoms with Crippen molar-refractivity contribution < 1.29 is 0 Å². The molecule has 2 unspecified atom stereocenters. The number of rotatable bonds is 2. The summed E-state index contributed by atoms with van der Waals surface area (Å²) in [5, 5.41) is 3.12. The predicted octanol–water partition coefficient (Wildman–Crippen LogP) is 7.89. The number of benzene rings is 2. The summed E-state index contributed by atoms with van der Waals surface area (Å²) >= 11 is 0. The van der Waals surface area contributed by atoms with E-state index in [0.717, 1.165) is 22.8 Å². The molecule has 2 atom stereocenters. The lowest BCUT2D eigenvalue weighted by molar-refractivity contribution is 1.26. The zero-order chi connectivity index (χ0) is 18.7. The van der Waals surface area contributed by atoms with Crippen LogP contribution in [0.25, 0.3) is 32.8 Å². The van der Waals surface area contributed by atoms with E-state index in [-0.39, 0.29) is 0 Å². The van der Waals surface area contributed by atoms with Gasteiger partial charge in [0.05, 0.1) is 0 Å². The van der Waals surface area contributed by atoms with E-state index >= 15 is 0 Å². The van der Waals surface area contributed by atoms with Gasteiger partial charge in [-0.05, 0) is 101 Å². The monoisotopic (exact) mass is 386 g/mol. The average Bonchev–Trinajstić information content (AvgIpc) is 3.32. The molecule has 5 rings (SSSR count). The highest BCUT2D eigenvalue weighted by molar-refractivity contribution is 7.34. The molecule has 0 aliphatic heterocycles. The largest absolute Gasteiger partial charge is 0.131 e. The molecule has 0 amide bonds. The van der Waals surface area contributed by atoms with Crippen molar-refractivity contribution in [3.05, 3.63) is 81.4 Å². The maximum absolute atomic E-state index is 2.43. The van der Waals surface area contributed by atoms with Gasteiger partial charge in [-0.2, -0.15) is 0 Å². The Bertz CT molecular complexity index is 1190. The van der Waals surface area contributed by atoms with E-state index in [9.17, 15) is 0 Å². The molecular formula is C25H24P2. The molecule has 0 radical (unpaired) electrons. The standard InChI is InChI=1S/C25H24P2/c1-14-12-26-24(16(14)3)21-10-9-20-19-8-6-5-7-18(19)11-22(20)23(21)25-17(4)15(2)13-27-25/h5-10,12-13,26-27H,11H2,1-4H3. The van der Waals surface area contributed by atoms with Crippen LogP contribution in [-0.2, 0) is 6.42 Å². The molecule has 0 bridgehead atoms. The number of hydrogen-bond acceptors (Lipinski definition) is 0. The predicted molar refractivity (Wildman–Crippen MR) is 124 cm³/mol. The summed E-state index contributed by atoms with van der Waals surface area (Å²) in [6, 6.07) is 13.7. The van der Waals surface area contributed by atoms with Gasteiger partial charge < -0.3 is 0 Å². The summed E-state index contributed by atoms with van der Waals surface area (Å²) in [6.07, 6.45) is 1.07. The third-order valence-corrected chi connectivity index (χ3v) is 9.31. The van der Waals surface area contributed by atoms with Crippen molar-refractivity contribution in [2.24, 2.45) is 0 Å². The Labute approximate surface area is 164 Å². The van der Waals surface area contributed by atoms with Crippen LogP contribution in [0.4, 0.5) is 0 Å². The van der Waals surface area contributed by atoms with Gasteiger partial charge >= 0.3 is 0 Å². The average molecular weight is 386 g/mol. The number of fused-ring (bicyclic) bond motifs is 3. The zero-order valence-corrected chi connectivity index (χ0v) is 18.3. The first-order chi connectivity index (χ1) is 13.1. The van der Waals surface area contributed by atoms with Crippen LogP contribution in [0.2, 0.25) is 0 Å². The van der Waals surface area contributed by atoms with E-state index in [1.165, 1.54) is 50.1 Å². The topological polar surface area (TPSA) is 0 Å². The third kappa shape index (κ3) is 2.51. The minimum absolute atomic E-state index is 0.788. The van der Waals surface area contributed by atoms with Crippen molar-refractivity contribution in [2.75, 3.05) is 0 Å². The smallest absolute Gasteiger partial charge is 0.00231 e. The lowest BCUT2D eigenvalue weighted by atomic mass is 9.91. The molecule has 0 spiro atoms. The minimum Gasteiger partial charge on any atom is -0.131 e. The summed E-state index contributed by atoms with van der Waals surface area (Å²) in [5.41, 5.74) is 14.8. The van der Waals surface area contributed by atoms with E-state index < -0.39 is 0 Å². The summed E-state index contributed by atoms with van der Waals surface area (Å²) in [4.78, 5) is 0. The molecule has 0 nitrogen and oxygen atoms in total. The third-order valence-electron chi connectivity index (χ3n) is 6.31. The first-order valence-electron chi connectivity index (χ1n) is 9.60. The van der Waals surface area contributed by atoms with E-state index in [1.54, 1.807) is 16.2 Å². The molecule has 2 aromatic heterocycles. The second-order valence-corrected chi connectivity index (χ2v) is 9.95. The molecule has 4 aromatic rings. The Balaban J connectivity index is 1.85. The maximum atomic E-state index is 2.43. The number of hydrogen-bond donors (Lipinski definition) is 0. The van der Waals surface area contributed by atoms with Crippen LogP contribution < -0.4 is 0 Å². The van der Waals surface area contributed by atoms with Crippen LogP contribution >= 0.6 is 16.4 Å². The molecule has 0 saturated carbocycles. The second-order valence-electron chi connectivity index (χ2n) is 7.79. The molecule has 27 heavy (non-hydrogen) atoms. The summed E-state index contributed by atoms with van der Waals surface area (Å²) in [5.74, 6) is 4.84. The molecule has 1 aliphatic rings. The fourth-order valence-electron chi connectivity index (χ4n) is 4.43. The Morgan fingerprint density at radius 3 is 1.96 bits per heavy atom. The van der Waals surface area contributed by atoms with Gasteiger partial charge in [0.1, 0.15) is 0 Å². The molecular weight excluding hydrogens is 362 g/mol. The number of aryl methyl sites for hydroxylation is 2. The fourth-order valence-corrected chi connectivity index (χ4v) is 7.21. The SMILES string of the molecule is Cc1c[pH]c(-c2ccc3c(c2-c2[pH]cc(C)c2C)Cc2ccccc2-3)c1C. The first-order valence-corrected chi connectivity index (χ1v) is 11.8. The van der Waals surface area contributed by atoms with Gasteiger partial charge in [0, 0.05) is 10.6 Å². The Hall–Kier alpha value is -2.00. The Kier molecular flexibility index (Phi) is 3.98. The van der Waals surface area contributed by atoms with E-state index in [0.29, 0.717) is 0 Å². The van der Waals surface area contributed by atoms with Crippen LogP contribution in [0.15, 0.2) is 48.0 Å². The molecule has 0 saturated heterocycles. The van der Waals surface area contributed by atoms with Gasteiger partial charge in [-0.15, -0.1) is 16.4 Å². The van der Waals surface area contributed by atoms with Gasteiger partial charge in [-0.1, -0.05) is 36.4 Å². The zero-order valence-electron chi connectivity index (χ0n) is 16.3. The van der Waals surface area contributed by atoms with Gasteiger partial charge in [0.2, 0.25) is 0 Å². The molecule has 2 heteroatoms. The van der Waals surface area contributed by atoms with Crippen LogP contribution in [-0.4, -0.2) is 0 Å². The summed E-state index contributed by atoms with van der Waals surface area (Å²) in [7, 11) is 1.58. The van der Waals surface area contributed by atoms with Crippen molar-refractivity contribution in [3.63, 3.8) is 0 Å². The summed E-state index contributed by atoms with van der Waals surface area (Å²) in [6.45, 7) is 9.13. The van der Waals surface area contributed by atoms with Gasteiger partial charge in [0.15, 0.2) is 0 Å². The highest BCUT2D eigenvalue weighted by Crippen LogP contribution is 2.51. The van der Waals surface area contributed by atoms with Crippen LogP contribution in [0.1, 0.15) is 33.4 Å². The Morgan fingerprint density at radius 1 is 0.667 bits per heavy atom. The van der Waals surface area contributed by atoms with Crippen molar-refractivity contribution in [3.8, 4) is 32.8 Å². The molecule has 134 valence electrons. The fraction of sp³-hybridized carbons (Fsp3) is 0.200. The molecule has 1 aliphatic carbocycles. The van der Waals surface area contributed by atoms with Gasteiger partial charge in [-0.25, -0.2) is 0 Å². The van der Waals surface area contributed by atoms with Crippen molar-refractivity contribution in [2.45, 2.75) is 34.1 Å². The summed E-state index contributed by atoms with van der Waals surface area (Å²) < 4.78 is 0. The van der Waals surface area contributed by atoms with Crippen LogP contribution in [0.3, 0.4) is 0 Å². The van der Waals surface area contributed by atoms with Crippen molar-refractivity contribution in [1.82, 2.24) is 0 Å². The quantitative estimate of drug-likeness (QED) is 0.289. The highest BCUT2D eigenvalue weighted by atomic mass is 31.0. The van der Waals surface area contributed by atoms with E-state index in [4.69, 9.17) is 0 Å². The second kappa shape index (κ2) is 6.27. The van der Waals surface area contributed by atoms with Crippen LogP contribution in [0, 0.1) is 27.7 Å². The van der Waals surface area contributed by atoms with E-state index in [1.807, 2.05) is 0 Å². The molecule has 2 heterocycles. The van der Waals surface area contributed by atoms with Crippen LogP contribution in [0.5, 0.6) is 0 Å². The van der Waals surface area contributed by atoms with Crippen molar-refractivity contribution >= 4 is 16.4 Å². The molecule has 2 aromatic carbocycles. The molecule has 0 fully saturated rings. The maximum Gasteiger partial charge on any atom is 0.00231 e. The van der Waals surface area contributed by atoms with E-state index in [2.05, 4.69) is 75.7 Å². The highest BCUT2D eigenvalue weighted by Gasteiger charge is 2.26. The van der Waals surface area contributed by atoms with Gasteiger partial charge in [0.25, 0.3) is 0 Å². The van der Waals surface area contributed by atoms with Gasteiger partial charge in [-0.3, -0.25) is 0 Å². The minimum atomic E-state index is 0.788. The Morgan fingerprint density at radius 2 is 1.30 bits per heavy atom. The lowest BCUT2D eigenvalue weighted by Gasteiger charge is -2.16. The van der Waals surface area contributed by atoms with Crippen molar-refractivity contribution in [1.29, 1.82) is 0 Å².